The van der Waals surface area contributed by atoms with Gasteiger partial charge >= 0.3 is 5.97 Å². The van der Waals surface area contributed by atoms with Gasteiger partial charge in [0.15, 0.2) is 11.6 Å². The van der Waals surface area contributed by atoms with Crippen LogP contribution in [0, 0.1) is 26.2 Å². The highest BCUT2D eigenvalue weighted by Crippen LogP contribution is 2.62. The topological polar surface area (TPSA) is 137 Å². The molecule has 11 heteroatoms. The Bertz CT molecular complexity index is 1980. The van der Waals surface area contributed by atoms with E-state index in [4.69, 9.17) is 9.84 Å². The maximum absolute atomic E-state index is 14.5. The quantitative estimate of drug-likeness (QED) is 0.208. The van der Waals surface area contributed by atoms with Crippen molar-refractivity contribution in [2.45, 2.75) is 104 Å². The van der Waals surface area contributed by atoms with Crippen molar-refractivity contribution in [3.63, 3.8) is 0 Å². The van der Waals surface area contributed by atoms with Crippen molar-refractivity contribution in [3.8, 4) is 11.1 Å². The van der Waals surface area contributed by atoms with E-state index >= 15 is 0 Å². The molecule has 0 N–H and O–H groups in total. The molecule has 0 spiro atoms. The number of hydrogen-bond donors (Lipinski definition) is 0. The molecule has 1 aromatic carbocycles. The molecule has 0 radical (unpaired) electrons. The summed E-state index contributed by atoms with van der Waals surface area (Å²) < 4.78 is 7.27. The molecule has 3 aromatic heterocycles. The number of pyridine rings is 1. The third-order valence-electron chi connectivity index (χ3n) is 10.6. The van der Waals surface area contributed by atoms with Crippen molar-refractivity contribution in [1.29, 1.82) is 0 Å². The summed E-state index contributed by atoms with van der Waals surface area (Å²) in [5.41, 5.74) is 5.87. The number of ketones is 2. The number of aryl methyl sites for hydroxylation is 4. The van der Waals surface area contributed by atoms with Gasteiger partial charge in [0.05, 0.1) is 30.3 Å². The highest BCUT2D eigenvalue weighted by Gasteiger charge is 2.66. The summed E-state index contributed by atoms with van der Waals surface area (Å²) in [7, 11) is 0. The van der Waals surface area contributed by atoms with E-state index in [0.29, 0.717) is 48.5 Å². The molecule has 2 fully saturated rings. The highest BCUT2D eigenvalue weighted by atomic mass is 16.5. The van der Waals surface area contributed by atoms with Gasteiger partial charge in [0.25, 0.3) is 0 Å². The maximum Gasteiger partial charge on any atom is 0.305 e. The number of carbonyl (C=O) groups excluding carboxylic acids is 4. The standard InChI is InChI=1S/C38H42N6O5/c1-22-9-10-23(2)41-30(22)16-32(46)31-17-38-12-11-35(48)49-13-7-5-6-8-26-14-27(28-19-39-25(4)40-20-28)15-29-36(24(3)45)42-43(37(26)29)21-34(47)44(31)33(38)18-38/h9-10,14-15,19-20,31,33H,5-8,11-13,16-18,21H2,1-4H3/t31-,33+,38-/m0/s1. The molecular formula is C38H42N6O5. The van der Waals surface area contributed by atoms with Crippen LogP contribution in [-0.4, -0.2) is 71.8 Å². The van der Waals surface area contributed by atoms with Crippen molar-refractivity contribution in [2.75, 3.05) is 6.61 Å². The Labute approximate surface area is 285 Å². The van der Waals surface area contributed by atoms with E-state index in [1.807, 2.05) is 39.0 Å². The fourth-order valence-corrected chi connectivity index (χ4v) is 7.86. The van der Waals surface area contributed by atoms with E-state index in [2.05, 4.69) is 21.0 Å². The number of esters is 1. The van der Waals surface area contributed by atoms with Crippen LogP contribution >= 0.6 is 0 Å². The lowest BCUT2D eigenvalue weighted by molar-refractivity contribution is -0.144. The van der Waals surface area contributed by atoms with Crippen LogP contribution in [0.15, 0.2) is 36.7 Å². The third kappa shape index (κ3) is 6.38. The van der Waals surface area contributed by atoms with Crippen molar-refractivity contribution in [3.05, 3.63) is 70.7 Å². The van der Waals surface area contributed by atoms with Gasteiger partial charge < -0.3 is 9.64 Å². The summed E-state index contributed by atoms with van der Waals surface area (Å²) in [4.78, 5) is 69.4. The molecule has 2 bridgehead atoms. The van der Waals surface area contributed by atoms with Crippen molar-refractivity contribution >= 4 is 34.3 Å². The Kier molecular flexibility index (Phi) is 8.62. The van der Waals surface area contributed by atoms with Gasteiger partial charge in [0.1, 0.15) is 18.1 Å². The Balaban J connectivity index is 1.29. The van der Waals surface area contributed by atoms with E-state index in [1.165, 1.54) is 6.92 Å². The van der Waals surface area contributed by atoms with Crippen LogP contribution in [0.5, 0.6) is 0 Å². The number of aromatic nitrogens is 5. The summed E-state index contributed by atoms with van der Waals surface area (Å²) >= 11 is 0. The zero-order valence-electron chi connectivity index (χ0n) is 28.6. The molecule has 11 nitrogen and oxygen atoms in total. The molecule has 1 aliphatic carbocycles. The molecular weight excluding hydrogens is 620 g/mol. The Morgan fingerprint density at radius 3 is 2.55 bits per heavy atom. The minimum atomic E-state index is -0.635. The number of nitrogens with zero attached hydrogens (tertiary/aromatic N) is 6. The van der Waals surface area contributed by atoms with Gasteiger partial charge in [-0.15, -0.1) is 0 Å². The van der Waals surface area contributed by atoms with Crippen LogP contribution in [-0.2, 0) is 38.5 Å². The van der Waals surface area contributed by atoms with Gasteiger partial charge in [0.2, 0.25) is 5.91 Å². The van der Waals surface area contributed by atoms with Gasteiger partial charge in [-0.3, -0.25) is 28.8 Å². The van der Waals surface area contributed by atoms with Gasteiger partial charge in [-0.1, -0.05) is 6.07 Å². The fourth-order valence-electron chi connectivity index (χ4n) is 7.86. The highest BCUT2D eigenvalue weighted by molar-refractivity contribution is 6.07. The summed E-state index contributed by atoms with van der Waals surface area (Å²) in [5, 5.41) is 5.43. The van der Waals surface area contributed by atoms with E-state index in [0.717, 1.165) is 59.1 Å². The maximum atomic E-state index is 14.5. The predicted molar refractivity (Wildman–Crippen MR) is 182 cm³/mol. The normalized spacial score (nSPS) is 22.8. The van der Waals surface area contributed by atoms with Gasteiger partial charge in [-0.05, 0) is 106 Å². The summed E-state index contributed by atoms with van der Waals surface area (Å²) in [5.74, 6) is -0.0410. The van der Waals surface area contributed by atoms with Crippen LogP contribution in [0.1, 0.15) is 90.7 Å². The smallest absolute Gasteiger partial charge is 0.305 e. The number of cyclic esters (lactones) is 1. The number of rotatable bonds is 5. The largest absolute Gasteiger partial charge is 0.466 e. The first kappa shape index (κ1) is 32.7. The summed E-state index contributed by atoms with van der Waals surface area (Å²) in [6.07, 6.45) is 8.81. The van der Waals surface area contributed by atoms with Gasteiger partial charge in [-0.2, -0.15) is 5.10 Å². The predicted octanol–water partition coefficient (Wildman–Crippen LogP) is 5.24. The molecule has 254 valence electrons. The van der Waals surface area contributed by atoms with Crippen LogP contribution in [0.4, 0.5) is 0 Å². The molecule has 7 rings (SSSR count). The number of amides is 1. The number of Topliss-reactive ketones (excluding diaryl/α,β-unsaturated/α-hetero) is 2. The van der Waals surface area contributed by atoms with Crippen molar-refractivity contribution in [1.82, 2.24) is 29.6 Å². The Morgan fingerprint density at radius 1 is 0.980 bits per heavy atom. The number of ether oxygens (including phenoxy) is 1. The second kappa shape index (κ2) is 12.9. The minimum Gasteiger partial charge on any atom is -0.466 e. The molecule has 1 saturated carbocycles. The number of benzene rings is 1. The Morgan fingerprint density at radius 2 is 1.78 bits per heavy atom. The molecule has 3 aliphatic rings. The number of piperidine rings is 1. The van der Waals surface area contributed by atoms with Crippen molar-refractivity contribution < 1.29 is 23.9 Å². The molecule has 4 aromatic rings. The molecule has 1 amide bonds. The average molecular weight is 663 g/mol. The van der Waals surface area contributed by atoms with Crippen LogP contribution in [0.2, 0.25) is 0 Å². The second-order valence-electron chi connectivity index (χ2n) is 14.1. The van der Waals surface area contributed by atoms with Crippen LogP contribution < -0.4 is 0 Å². The zero-order valence-corrected chi connectivity index (χ0v) is 28.6. The molecule has 49 heavy (non-hydrogen) atoms. The van der Waals surface area contributed by atoms with Gasteiger partial charge in [-0.25, -0.2) is 9.97 Å². The Hall–Kier alpha value is -4.80. The zero-order chi connectivity index (χ0) is 34.4. The second-order valence-corrected chi connectivity index (χ2v) is 14.1. The number of hydrogen-bond acceptors (Lipinski definition) is 9. The molecule has 0 unspecified atom stereocenters. The lowest BCUT2D eigenvalue weighted by Gasteiger charge is -2.27. The van der Waals surface area contributed by atoms with E-state index in [9.17, 15) is 19.2 Å². The lowest BCUT2D eigenvalue weighted by atomic mass is 9.91. The average Bonchev–Trinajstić information content (AvgIpc) is 3.48. The molecule has 5 heterocycles. The van der Waals surface area contributed by atoms with Crippen LogP contribution in [0.25, 0.3) is 22.0 Å². The summed E-state index contributed by atoms with van der Waals surface area (Å²) in [6, 6.07) is 7.11. The third-order valence-corrected chi connectivity index (χ3v) is 10.6. The lowest BCUT2D eigenvalue weighted by Crippen LogP contribution is -2.45. The van der Waals surface area contributed by atoms with Crippen molar-refractivity contribution in [2.24, 2.45) is 5.41 Å². The molecule has 2 aliphatic heterocycles. The van der Waals surface area contributed by atoms with E-state index in [-0.39, 0.29) is 54.3 Å². The first-order valence-electron chi connectivity index (χ1n) is 17.3. The monoisotopic (exact) mass is 662 g/mol. The summed E-state index contributed by atoms with van der Waals surface area (Å²) in [6.45, 7) is 7.41. The van der Waals surface area contributed by atoms with E-state index in [1.54, 1.807) is 22.0 Å². The minimum absolute atomic E-state index is 0.0569. The first-order valence-corrected chi connectivity index (χ1v) is 17.3. The fraction of sp³-hybridized carbons (Fsp3) is 0.474. The SMILES string of the molecule is CC(=O)c1nn2c3c(cc(-c4cnc(C)nc4)cc13)CCCCCOC(=O)CC[C@@]13C[C@@H](C(=O)Cc4nc(C)ccc4C)N(C(=O)C2)[C@@H]1C3. The van der Waals surface area contributed by atoms with Crippen LogP contribution in [0.3, 0.4) is 0 Å². The molecule has 3 atom stereocenters. The number of carbonyl (C=O) groups is 4. The molecule has 1 saturated heterocycles. The first-order chi connectivity index (χ1) is 23.5. The van der Waals surface area contributed by atoms with Gasteiger partial charge in [0, 0.05) is 48.4 Å². The van der Waals surface area contributed by atoms with E-state index < -0.39 is 6.04 Å².